The third kappa shape index (κ3) is 4.29. The van der Waals surface area contributed by atoms with Gasteiger partial charge < -0.3 is 0 Å². The van der Waals surface area contributed by atoms with E-state index in [1.807, 2.05) is 36.4 Å². The number of hydrogen-bond acceptors (Lipinski definition) is 3. The molecule has 0 heterocycles. The zero-order valence-corrected chi connectivity index (χ0v) is 13.5. The fourth-order valence-electron chi connectivity index (χ4n) is 1.71. The van der Waals surface area contributed by atoms with Gasteiger partial charge in [-0.25, -0.2) is 0 Å². The van der Waals surface area contributed by atoms with Crippen LogP contribution in [-0.4, -0.2) is 5.75 Å². The van der Waals surface area contributed by atoms with Crippen LogP contribution < -0.4 is 11.3 Å². The van der Waals surface area contributed by atoms with Gasteiger partial charge >= 0.3 is 0 Å². The fourth-order valence-corrected chi connectivity index (χ4v) is 3.30. The zero-order valence-electron chi connectivity index (χ0n) is 10.4. The van der Waals surface area contributed by atoms with E-state index in [0.717, 1.165) is 21.2 Å². The van der Waals surface area contributed by atoms with Crippen LogP contribution in [0.2, 0.25) is 15.1 Å². The highest BCUT2D eigenvalue weighted by atomic mass is 35.5. The van der Waals surface area contributed by atoms with Crippen molar-refractivity contribution >= 4 is 46.6 Å². The first-order valence-corrected chi connectivity index (χ1v) is 8.01. The Bertz CT molecular complexity index is 592. The van der Waals surface area contributed by atoms with Gasteiger partial charge in [-0.1, -0.05) is 46.9 Å². The Labute approximate surface area is 137 Å². The molecule has 2 aromatic rings. The number of nitrogens with one attached hydrogen (secondary N) is 1. The summed E-state index contributed by atoms with van der Waals surface area (Å²) in [5.41, 5.74) is 3.79. The second-order valence-corrected chi connectivity index (χ2v) is 6.51. The molecule has 0 aliphatic carbocycles. The molecule has 2 rings (SSSR count). The minimum absolute atomic E-state index is 0.0197. The van der Waals surface area contributed by atoms with Gasteiger partial charge in [0.05, 0.1) is 16.1 Å². The van der Waals surface area contributed by atoms with E-state index < -0.39 is 0 Å². The van der Waals surface area contributed by atoms with Crippen LogP contribution in [0, 0.1) is 0 Å². The third-order valence-corrected chi connectivity index (χ3v) is 4.82. The zero-order chi connectivity index (χ0) is 14.5. The predicted octanol–water partition coefficient (Wildman–Crippen LogP) is 4.94. The maximum absolute atomic E-state index is 6.03. The van der Waals surface area contributed by atoms with Crippen molar-refractivity contribution in [2.75, 3.05) is 5.75 Å². The minimum atomic E-state index is -0.0197. The van der Waals surface area contributed by atoms with Crippen molar-refractivity contribution in [2.24, 2.45) is 5.84 Å². The van der Waals surface area contributed by atoms with Crippen LogP contribution in [0.3, 0.4) is 0 Å². The van der Waals surface area contributed by atoms with Crippen molar-refractivity contribution in [2.45, 2.75) is 10.9 Å². The summed E-state index contributed by atoms with van der Waals surface area (Å²) in [6, 6.07) is 13.2. The van der Waals surface area contributed by atoms with E-state index in [1.165, 1.54) is 0 Å². The molecule has 0 bridgehead atoms. The molecule has 20 heavy (non-hydrogen) atoms. The Morgan fingerprint density at radius 2 is 1.85 bits per heavy atom. The molecule has 2 aromatic carbocycles. The molecule has 0 saturated heterocycles. The Kier molecular flexibility index (Phi) is 6.02. The SMILES string of the molecule is NNC(CSc1cccc(Cl)c1)c1ccc(Cl)c(Cl)c1. The van der Waals surface area contributed by atoms with Crippen LogP contribution >= 0.6 is 46.6 Å². The molecule has 0 amide bonds. The van der Waals surface area contributed by atoms with Crippen molar-refractivity contribution < 1.29 is 0 Å². The number of thioether (sulfide) groups is 1. The van der Waals surface area contributed by atoms with Gasteiger partial charge in [-0.15, -0.1) is 11.8 Å². The smallest absolute Gasteiger partial charge is 0.0595 e. The standard InChI is InChI=1S/C14H13Cl3N2S/c15-10-2-1-3-11(7-10)20-8-14(19-18)9-4-5-12(16)13(17)6-9/h1-7,14,19H,8,18H2. The van der Waals surface area contributed by atoms with Crippen LogP contribution in [0.15, 0.2) is 47.4 Å². The summed E-state index contributed by atoms with van der Waals surface area (Å²) >= 11 is 19.6. The molecule has 1 unspecified atom stereocenters. The summed E-state index contributed by atoms with van der Waals surface area (Å²) in [7, 11) is 0. The van der Waals surface area contributed by atoms with Gasteiger partial charge in [0.25, 0.3) is 0 Å². The first-order chi connectivity index (χ1) is 9.60. The van der Waals surface area contributed by atoms with E-state index in [2.05, 4.69) is 5.43 Å². The molecule has 0 saturated carbocycles. The van der Waals surface area contributed by atoms with Gasteiger partial charge in [0, 0.05) is 15.7 Å². The summed E-state index contributed by atoms with van der Waals surface area (Å²) in [5.74, 6) is 6.38. The number of benzene rings is 2. The lowest BCUT2D eigenvalue weighted by atomic mass is 10.1. The Hall–Kier alpha value is -0.420. The third-order valence-electron chi connectivity index (χ3n) is 2.76. The summed E-state index contributed by atoms with van der Waals surface area (Å²) in [6.45, 7) is 0. The minimum Gasteiger partial charge on any atom is -0.271 e. The van der Waals surface area contributed by atoms with Gasteiger partial charge in [-0.2, -0.15) is 0 Å². The highest BCUT2D eigenvalue weighted by Crippen LogP contribution is 2.29. The maximum atomic E-state index is 6.03. The Balaban J connectivity index is 2.07. The second-order valence-electron chi connectivity index (χ2n) is 4.16. The number of rotatable bonds is 5. The molecule has 106 valence electrons. The van der Waals surface area contributed by atoms with Crippen molar-refractivity contribution in [3.8, 4) is 0 Å². The van der Waals surface area contributed by atoms with E-state index in [1.54, 1.807) is 17.8 Å². The van der Waals surface area contributed by atoms with E-state index in [9.17, 15) is 0 Å². The van der Waals surface area contributed by atoms with Crippen molar-refractivity contribution in [3.05, 3.63) is 63.1 Å². The molecule has 2 nitrogen and oxygen atoms in total. The molecule has 0 radical (unpaired) electrons. The summed E-state index contributed by atoms with van der Waals surface area (Å²) < 4.78 is 0. The fraction of sp³-hybridized carbons (Fsp3) is 0.143. The van der Waals surface area contributed by atoms with Crippen molar-refractivity contribution in [1.82, 2.24) is 5.43 Å². The molecular formula is C14H13Cl3N2S. The highest BCUT2D eigenvalue weighted by molar-refractivity contribution is 7.99. The van der Waals surface area contributed by atoms with E-state index >= 15 is 0 Å². The van der Waals surface area contributed by atoms with Crippen molar-refractivity contribution in [3.63, 3.8) is 0 Å². The van der Waals surface area contributed by atoms with Gasteiger partial charge in [-0.05, 0) is 35.9 Å². The largest absolute Gasteiger partial charge is 0.271 e. The Morgan fingerprint density at radius 1 is 1.05 bits per heavy atom. The number of hydrogen-bond donors (Lipinski definition) is 2. The number of hydrazine groups is 1. The van der Waals surface area contributed by atoms with E-state index in [0.29, 0.717) is 10.0 Å². The van der Waals surface area contributed by atoms with Gasteiger partial charge in [0.1, 0.15) is 0 Å². The van der Waals surface area contributed by atoms with Gasteiger partial charge in [0.15, 0.2) is 0 Å². The van der Waals surface area contributed by atoms with E-state index in [4.69, 9.17) is 40.6 Å². The normalized spacial score (nSPS) is 12.4. The molecule has 0 aromatic heterocycles. The first kappa shape index (κ1) is 16.0. The topological polar surface area (TPSA) is 38.0 Å². The Morgan fingerprint density at radius 3 is 2.50 bits per heavy atom. The van der Waals surface area contributed by atoms with Crippen molar-refractivity contribution in [1.29, 1.82) is 0 Å². The monoisotopic (exact) mass is 346 g/mol. The van der Waals surface area contributed by atoms with Crippen LogP contribution in [0.25, 0.3) is 0 Å². The lowest BCUT2D eigenvalue weighted by Gasteiger charge is -2.16. The molecule has 0 aliphatic rings. The van der Waals surface area contributed by atoms with Crippen LogP contribution in [-0.2, 0) is 0 Å². The molecule has 0 fully saturated rings. The van der Waals surface area contributed by atoms with Gasteiger partial charge in [-0.3, -0.25) is 11.3 Å². The van der Waals surface area contributed by atoms with E-state index in [-0.39, 0.29) is 6.04 Å². The molecule has 6 heteroatoms. The van der Waals surface area contributed by atoms with Crippen LogP contribution in [0.4, 0.5) is 0 Å². The summed E-state index contributed by atoms with van der Waals surface area (Å²) in [5, 5.41) is 1.78. The average molecular weight is 348 g/mol. The number of halogens is 3. The molecule has 0 spiro atoms. The summed E-state index contributed by atoms with van der Waals surface area (Å²) in [6.07, 6.45) is 0. The lowest BCUT2D eigenvalue weighted by Crippen LogP contribution is -2.29. The van der Waals surface area contributed by atoms with Crippen LogP contribution in [0.1, 0.15) is 11.6 Å². The van der Waals surface area contributed by atoms with Gasteiger partial charge in [0.2, 0.25) is 0 Å². The second kappa shape index (κ2) is 7.55. The van der Waals surface area contributed by atoms with Crippen LogP contribution in [0.5, 0.6) is 0 Å². The quantitative estimate of drug-likeness (QED) is 0.457. The molecular weight excluding hydrogens is 335 g/mol. The summed E-state index contributed by atoms with van der Waals surface area (Å²) in [4.78, 5) is 1.10. The highest BCUT2D eigenvalue weighted by Gasteiger charge is 2.12. The average Bonchev–Trinajstić information content (AvgIpc) is 2.43. The predicted molar refractivity (Wildman–Crippen MR) is 88.7 cm³/mol. The lowest BCUT2D eigenvalue weighted by molar-refractivity contribution is 0.611. The molecule has 1 atom stereocenters. The molecule has 3 N–H and O–H groups in total. The maximum Gasteiger partial charge on any atom is 0.0595 e. The first-order valence-electron chi connectivity index (χ1n) is 5.89. The molecule has 0 aliphatic heterocycles. The number of nitrogens with two attached hydrogens (primary N) is 1.